The Morgan fingerprint density at radius 3 is 1.50 bits per heavy atom. The van der Waals surface area contributed by atoms with Crippen molar-refractivity contribution in [2.45, 2.75) is 93.9 Å². The second kappa shape index (κ2) is 15.5. The van der Waals surface area contributed by atoms with Gasteiger partial charge in [0.15, 0.2) is 18.2 Å². The molecule has 11 heteroatoms. The predicted octanol–water partition coefficient (Wildman–Crippen LogP) is 5.29. The number of allylic oxidation sites excluding steroid dienone is 4. The summed E-state index contributed by atoms with van der Waals surface area (Å²) in [6.45, 7) is 15.7. The molecular formula is C33H52N4O7. The first-order chi connectivity index (χ1) is 20.3. The Balaban J connectivity index is 2.32. The molecule has 2 aliphatic rings. The minimum absolute atomic E-state index is 0.0404. The van der Waals surface area contributed by atoms with Gasteiger partial charge in [-0.3, -0.25) is 24.4 Å². The molecule has 0 fully saturated rings. The first-order valence-corrected chi connectivity index (χ1v) is 15.5. The van der Waals surface area contributed by atoms with Crippen molar-refractivity contribution in [1.29, 1.82) is 0 Å². The summed E-state index contributed by atoms with van der Waals surface area (Å²) in [5, 5.41) is 21.5. The Hall–Kier alpha value is -3.50. The van der Waals surface area contributed by atoms with Gasteiger partial charge in [-0.25, -0.2) is 4.79 Å². The molecule has 11 nitrogen and oxygen atoms in total. The van der Waals surface area contributed by atoms with Gasteiger partial charge in [0.2, 0.25) is 0 Å². The summed E-state index contributed by atoms with van der Waals surface area (Å²) in [7, 11) is 0. The van der Waals surface area contributed by atoms with Crippen LogP contribution in [0.5, 0.6) is 0 Å². The van der Waals surface area contributed by atoms with Gasteiger partial charge in [-0.2, -0.15) is 0 Å². The van der Waals surface area contributed by atoms with E-state index in [4.69, 9.17) is 10.5 Å². The predicted molar refractivity (Wildman–Crippen MR) is 171 cm³/mol. The zero-order valence-electron chi connectivity index (χ0n) is 27.8. The van der Waals surface area contributed by atoms with E-state index in [2.05, 4.69) is 9.98 Å². The molecule has 0 spiro atoms. The van der Waals surface area contributed by atoms with Crippen LogP contribution in [0.3, 0.4) is 0 Å². The lowest BCUT2D eigenvalue weighted by molar-refractivity contribution is -0.134. The number of aliphatic imine (C=N–C) groups is 2. The minimum atomic E-state index is -1.07. The second-order valence-electron chi connectivity index (χ2n) is 14.4. The number of primary amides is 1. The van der Waals surface area contributed by atoms with Crippen LogP contribution in [0, 0.1) is 22.7 Å². The minimum Gasteiger partial charge on any atom is -0.511 e. The van der Waals surface area contributed by atoms with E-state index in [0.717, 1.165) is 0 Å². The quantitative estimate of drug-likeness (QED) is 0.223. The van der Waals surface area contributed by atoms with Gasteiger partial charge in [0.1, 0.15) is 11.5 Å². The van der Waals surface area contributed by atoms with Crippen LogP contribution in [0.4, 0.5) is 4.79 Å². The molecule has 0 aromatic carbocycles. The van der Waals surface area contributed by atoms with Crippen LogP contribution in [0.2, 0.25) is 0 Å². The number of Topliss-reactive ketones (excluding diaryl/α,β-unsaturated/α-hetero) is 2. The van der Waals surface area contributed by atoms with Crippen LogP contribution in [0.15, 0.2) is 32.6 Å². The van der Waals surface area contributed by atoms with Gasteiger partial charge in [0.05, 0.1) is 24.2 Å². The van der Waals surface area contributed by atoms with Gasteiger partial charge < -0.3 is 25.6 Å². The number of carbonyl (C=O) groups is 4. The summed E-state index contributed by atoms with van der Waals surface area (Å²) >= 11 is 0. The molecule has 44 heavy (non-hydrogen) atoms. The first kappa shape index (κ1) is 36.7. The Morgan fingerprint density at radius 2 is 1.18 bits per heavy atom. The molecule has 2 amide bonds. The second-order valence-corrected chi connectivity index (χ2v) is 14.4. The third kappa shape index (κ3) is 11.2. The van der Waals surface area contributed by atoms with Crippen LogP contribution in [0.25, 0.3) is 0 Å². The highest BCUT2D eigenvalue weighted by Crippen LogP contribution is 2.38. The van der Waals surface area contributed by atoms with Crippen molar-refractivity contribution in [3.05, 3.63) is 22.7 Å². The molecule has 2 aliphatic carbocycles. The number of amides is 2. The van der Waals surface area contributed by atoms with Crippen molar-refractivity contribution in [1.82, 2.24) is 4.90 Å². The average molecular weight is 617 g/mol. The largest absolute Gasteiger partial charge is 0.511 e. The van der Waals surface area contributed by atoms with Crippen LogP contribution in [0.1, 0.15) is 93.9 Å². The topological polar surface area (TPSA) is 172 Å². The van der Waals surface area contributed by atoms with E-state index in [-0.39, 0.29) is 83.1 Å². The molecule has 0 aromatic heterocycles. The number of ether oxygens (including phenoxy) is 1. The third-order valence-corrected chi connectivity index (χ3v) is 7.52. The van der Waals surface area contributed by atoms with Crippen LogP contribution < -0.4 is 5.73 Å². The number of nitrogens with zero attached hydrogens (tertiary/aromatic N) is 3. The van der Waals surface area contributed by atoms with Gasteiger partial charge in [0, 0.05) is 50.2 Å². The highest BCUT2D eigenvalue weighted by molar-refractivity contribution is 6.24. The highest BCUT2D eigenvalue weighted by Gasteiger charge is 2.36. The number of hydrogen-bond donors (Lipinski definition) is 3. The summed E-state index contributed by atoms with van der Waals surface area (Å²) < 4.78 is 4.74. The Labute approximate surface area is 261 Å². The van der Waals surface area contributed by atoms with Crippen LogP contribution in [-0.2, 0) is 19.1 Å². The summed E-state index contributed by atoms with van der Waals surface area (Å²) in [6.07, 6.45) is 1.26. The van der Waals surface area contributed by atoms with E-state index >= 15 is 0 Å². The van der Waals surface area contributed by atoms with Crippen molar-refractivity contribution >= 4 is 35.0 Å². The lowest BCUT2D eigenvalue weighted by Crippen LogP contribution is -2.39. The number of rotatable bonds is 14. The number of hydrogen-bond acceptors (Lipinski definition) is 9. The Bertz CT molecular complexity index is 1160. The number of aliphatic hydroxyl groups is 2. The molecule has 246 valence electrons. The molecule has 0 radical (unpaired) electrons. The molecule has 0 saturated heterocycles. The lowest BCUT2D eigenvalue weighted by atomic mass is 9.75. The fourth-order valence-electron chi connectivity index (χ4n) is 5.69. The van der Waals surface area contributed by atoms with E-state index in [9.17, 15) is 29.4 Å². The molecule has 0 saturated carbocycles. The molecule has 0 atom stereocenters. The smallest absolute Gasteiger partial charge is 0.405 e. The molecule has 0 unspecified atom stereocenters. The maximum Gasteiger partial charge on any atom is 0.405 e. The normalized spacial score (nSPS) is 19.2. The molecule has 4 N–H and O–H groups in total. The molecule has 0 bridgehead atoms. The van der Waals surface area contributed by atoms with Crippen molar-refractivity contribution in [3.63, 3.8) is 0 Å². The first-order valence-electron chi connectivity index (χ1n) is 15.5. The summed E-state index contributed by atoms with van der Waals surface area (Å²) in [4.78, 5) is 61.0. The molecule has 2 rings (SSSR count). The number of nitrogens with two attached hydrogens (primary N) is 1. The summed E-state index contributed by atoms with van der Waals surface area (Å²) in [5.41, 5.74) is 5.96. The van der Waals surface area contributed by atoms with Crippen LogP contribution in [-0.4, -0.2) is 82.9 Å². The van der Waals surface area contributed by atoms with E-state index in [0.29, 0.717) is 49.9 Å². The maximum absolute atomic E-state index is 13.0. The van der Waals surface area contributed by atoms with Gasteiger partial charge in [-0.15, -0.1) is 0 Å². The molecule has 0 aromatic rings. The van der Waals surface area contributed by atoms with E-state index < -0.39 is 18.6 Å². The molecular weight excluding hydrogens is 564 g/mol. The van der Waals surface area contributed by atoms with Crippen molar-refractivity contribution in [2.24, 2.45) is 38.4 Å². The third-order valence-electron chi connectivity index (χ3n) is 7.52. The zero-order chi connectivity index (χ0) is 33.4. The standard InChI is InChI=1S/C33H52N4O7/c1-20(2)13-22(29-24(38)15-32(5,6)16-25(29)39)35-9-11-37(28(42)19-44-31(34)43)12-10-36-23(14-21(3)4)30-26(40)17-33(7,8)18-27(30)41/h20-21,38,40H,9-19H2,1-8H3,(H2,34,43). The molecule has 0 heterocycles. The Kier molecular flexibility index (Phi) is 12.9. The fraction of sp³-hybridized carbons (Fsp3) is 0.697. The fourth-order valence-corrected chi connectivity index (χ4v) is 5.69. The van der Waals surface area contributed by atoms with E-state index in [1.165, 1.54) is 4.90 Å². The van der Waals surface area contributed by atoms with Crippen molar-refractivity contribution < 1.29 is 34.1 Å². The monoisotopic (exact) mass is 616 g/mol. The number of aliphatic hydroxyl groups excluding tert-OH is 2. The van der Waals surface area contributed by atoms with Crippen LogP contribution >= 0.6 is 0 Å². The number of carbonyl (C=O) groups excluding carboxylic acids is 4. The maximum atomic E-state index is 13.0. The SMILES string of the molecule is CC(C)CC(=NCCN(CCN=C(CC(C)C)C1=C(O)CC(C)(C)CC1=O)C(=O)COC(N)=O)C1=C(O)CC(C)(C)CC1=O. The highest BCUT2D eigenvalue weighted by atomic mass is 16.5. The number of ketones is 2. The summed E-state index contributed by atoms with van der Waals surface area (Å²) in [5.74, 6) is -0.369. The Morgan fingerprint density at radius 1 is 0.795 bits per heavy atom. The summed E-state index contributed by atoms with van der Waals surface area (Å²) in [6, 6.07) is 0. The van der Waals surface area contributed by atoms with Crippen molar-refractivity contribution in [3.8, 4) is 0 Å². The van der Waals surface area contributed by atoms with Gasteiger partial charge in [0.25, 0.3) is 5.91 Å². The van der Waals surface area contributed by atoms with E-state index in [1.54, 1.807) is 0 Å². The van der Waals surface area contributed by atoms with Crippen molar-refractivity contribution in [2.75, 3.05) is 32.8 Å². The zero-order valence-corrected chi connectivity index (χ0v) is 27.8. The molecule has 0 aliphatic heterocycles. The van der Waals surface area contributed by atoms with Gasteiger partial charge in [-0.1, -0.05) is 55.4 Å². The average Bonchev–Trinajstić information content (AvgIpc) is 2.82. The van der Waals surface area contributed by atoms with E-state index in [1.807, 2.05) is 55.4 Å². The van der Waals surface area contributed by atoms with Gasteiger partial charge >= 0.3 is 6.09 Å². The van der Waals surface area contributed by atoms with Gasteiger partial charge in [-0.05, 0) is 35.5 Å². The lowest BCUT2D eigenvalue weighted by Gasteiger charge is -2.30.